The summed E-state index contributed by atoms with van der Waals surface area (Å²) in [7, 11) is -3.75. The summed E-state index contributed by atoms with van der Waals surface area (Å²) in [5.41, 5.74) is 4.69. The molecule has 3 aromatic carbocycles. The van der Waals surface area contributed by atoms with Crippen LogP contribution in [-0.4, -0.2) is 32.3 Å². The fraction of sp³-hybridized carbons (Fsp3) is 0.296. The lowest BCUT2D eigenvalue weighted by Gasteiger charge is -2.15. The quantitative estimate of drug-likeness (QED) is 0.496. The van der Waals surface area contributed by atoms with Crippen LogP contribution in [0.25, 0.3) is 0 Å². The zero-order chi connectivity index (χ0) is 24.1. The first-order valence-corrected chi connectivity index (χ1v) is 13.1. The molecule has 178 valence electrons. The number of anilines is 1. The van der Waals surface area contributed by atoms with Crippen molar-refractivity contribution in [2.45, 2.75) is 44.7 Å². The Bertz CT molecular complexity index is 1250. The highest BCUT2D eigenvalue weighted by atomic mass is 32.2. The lowest BCUT2D eigenvalue weighted by Crippen LogP contribution is -2.24. The molecule has 6 nitrogen and oxygen atoms in total. The van der Waals surface area contributed by atoms with Gasteiger partial charge in [0, 0.05) is 18.7 Å². The summed E-state index contributed by atoms with van der Waals surface area (Å²) in [5, 5.41) is 2.95. The number of rotatable bonds is 8. The summed E-state index contributed by atoms with van der Waals surface area (Å²) in [5.74, 6) is -0.241. The Kier molecular flexibility index (Phi) is 7.34. The van der Waals surface area contributed by atoms with Gasteiger partial charge in [0.25, 0.3) is 15.9 Å². The standard InChI is InChI=1S/C27H31N3O3S/c1-20-8-14-24(15-9-20)34(32,33)29-26-7-5-6-25(21(26)2)27(31)28-18-22-10-12-23(13-11-22)19-30-16-3-4-17-30/h5-15,29H,3-4,16-19H2,1-2H3,(H,28,31). The number of nitrogens with one attached hydrogen (secondary N) is 2. The molecule has 34 heavy (non-hydrogen) atoms. The highest BCUT2D eigenvalue weighted by Gasteiger charge is 2.18. The number of carbonyl (C=O) groups is 1. The van der Waals surface area contributed by atoms with E-state index >= 15 is 0 Å². The monoisotopic (exact) mass is 477 g/mol. The van der Waals surface area contributed by atoms with Crippen LogP contribution in [0.1, 0.15) is 45.5 Å². The van der Waals surface area contributed by atoms with E-state index in [4.69, 9.17) is 0 Å². The summed E-state index contributed by atoms with van der Waals surface area (Å²) in [6.07, 6.45) is 2.55. The molecule has 1 saturated heterocycles. The van der Waals surface area contributed by atoms with Gasteiger partial charge < -0.3 is 5.32 Å². The van der Waals surface area contributed by atoms with E-state index in [9.17, 15) is 13.2 Å². The predicted molar refractivity (Wildman–Crippen MR) is 135 cm³/mol. The number of sulfonamides is 1. The number of benzene rings is 3. The SMILES string of the molecule is Cc1ccc(S(=O)(=O)Nc2cccc(C(=O)NCc3ccc(CN4CCCC4)cc3)c2C)cc1. The highest BCUT2D eigenvalue weighted by Crippen LogP contribution is 2.23. The molecule has 0 unspecified atom stereocenters. The van der Waals surface area contributed by atoms with Crippen LogP contribution in [-0.2, 0) is 23.1 Å². The van der Waals surface area contributed by atoms with Gasteiger partial charge in [0.2, 0.25) is 0 Å². The number of aryl methyl sites for hydroxylation is 1. The van der Waals surface area contributed by atoms with Crippen LogP contribution in [0.5, 0.6) is 0 Å². The van der Waals surface area contributed by atoms with Crippen LogP contribution in [0.2, 0.25) is 0 Å². The summed E-state index contributed by atoms with van der Waals surface area (Å²) in [6, 6.07) is 20.0. The van der Waals surface area contributed by atoms with Crippen molar-refractivity contribution < 1.29 is 13.2 Å². The Labute approximate surface area is 202 Å². The van der Waals surface area contributed by atoms with Gasteiger partial charge in [0.05, 0.1) is 10.6 Å². The fourth-order valence-corrected chi connectivity index (χ4v) is 5.28. The minimum absolute atomic E-state index is 0.181. The zero-order valence-corrected chi connectivity index (χ0v) is 20.5. The average molecular weight is 478 g/mol. The highest BCUT2D eigenvalue weighted by molar-refractivity contribution is 7.92. The molecule has 1 fully saturated rings. The first kappa shape index (κ1) is 24.0. The minimum Gasteiger partial charge on any atom is -0.348 e. The molecule has 3 aromatic rings. The van der Waals surface area contributed by atoms with Gasteiger partial charge in [0.1, 0.15) is 0 Å². The molecular weight excluding hydrogens is 446 g/mol. The second-order valence-electron chi connectivity index (χ2n) is 8.88. The lowest BCUT2D eigenvalue weighted by atomic mass is 10.1. The molecule has 2 N–H and O–H groups in total. The third-order valence-corrected chi connectivity index (χ3v) is 7.62. The molecule has 4 rings (SSSR count). The van der Waals surface area contributed by atoms with Gasteiger partial charge in [-0.05, 0) is 80.7 Å². The molecule has 0 bridgehead atoms. The van der Waals surface area contributed by atoms with Gasteiger partial charge in [-0.1, -0.05) is 48.0 Å². The van der Waals surface area contributed by atoms with Crippen LogP contribution in [0.3, 0.4) is 0 Å². The lowest BCUT2D eigenvalue weighted by molar-refractivity contribution is 0.0950. The van der Waals surface area contributed by atoms with Crippen molar-refractivity contribution in [3.8, 4) is 0 Å². The van der Waals surface area contributed by atoms with Crippen molar-refractivity contribution in [3.05, 3.63) is 94.5 Å². The number of likely N-dealkylation sites (tertiary alicyclic amines) is 1. The van der Waals surface area contributed by atoms with Gasteiger partial charge in [-0.25, -0.2) is 8.42 Å². The maximum atomic E-state index is 12.9. The molecule has 1 aliphatic heterocycles. The van der Waals surface area contributed by atoms with Crippen molar-refractivity contribution >= 4 is 21.6 Å². The van der Waals surface area contributed by atoms with E-state index in [1.54, 1.807) is 49.4 Å². The molecule has 1 heterocycles. The number of nitrogens with zero attached hydrogens (tertiary/aromatic N) is 1. The first-order chi connectivity index (χ1) is 16.3. The predicted octanol–water partition coefficient (Wildman–Crippen LogP) is 4.63. The Hall–Kier alpha value is -3.16. The van der Waals surface area contributed by atoms with Gasteiger partial charge in [-0.15, -0.1) is 0 Å². The van der Waals surface area contributed by atoms with E-state index in [0.717, 1.165) is 30.8 Å². The Balaban J connectivity index is 1.40. The van der Waals surface area contributed by atoms with Gasteiger partial charge in [-0.2, -0.15) is 0 Å². The summed E-state index contributed by atoms with van der Waals surface area (Å²) < 4.78 is 28.2. The molecular formula is C27H31N3O3S. The van der Waals surface area contributed by atoms with Crippen LogP contribution in [0.4, 0.5) is 5.69 Å². The smallest absolute Gasteiger partial charge is 0.261 e. The molecule has 0 saturated carbocycles. The topological polar surface area (TPSA) is 78.5 Å². The Morgan fingerprint density at radius 1 is 0.882 bits per heavy atom. The molecule has 0 atom stereocenters. The zero-order valence-electron chi connectivity index (χ0n) is 19.7. The minimum atomic E-state index is -3.75. The fourth-order valence-electron chi connectivity index (χ4n) is 4.15. The van der Waals surface area contributed by atoms with Crippen molar-refractivity contribution in [1.29, 1.82) is 0 Å². The van der Waals surface area contributed by atoms with Gasteiger partial charge >= 0.3 is 0 Å². The second kappa shape index (κ2) is 10.4. The summed E-state index contributed by atoms with van der Waals surface area (Å²) in [4.78, 5) is 15.5. The van der Waals surface area contributed by atoms with Gasteiger partial charge in [-0.3, -0.25) is 14.4 Å². The van der Waals surface area contributed by atoms with Crippen molar-refractivity contribution in [3.63, 3.8) is 0 Å². The molecule has 0 spiro atoms. The normalized spacial score (nSPS) is 14.2. The molecule has 0 radical (unpaired) electrons. The van der Waals surface area contributed by atoms with Crippen LogP contribution in [0, 0.1) is 13.8 Å². The van der Waals surface area contributed by atoms with Crippen molar-refractivity contribution in [2.24, 2.45) is 0 Å². The van der Waals surface area contributed by atoms with Crippen LogP contribution < -0.4 is 10.0 Å². The van der Waals surface area contributed by atoms with Crippen LogP contribution >= 0.6 is 0 Å². The third-order valence-electron chi connectivity index (χ3n) is 6.23. The molecule has 7 heteroatoms. The molecule has 1 aliphatic rings. The number of carbonyl (C=O) groups excluding carboxylic acids is 1. The van der Waals surface area contributed by atoms with Crippen molar-refractivity contribution in [2.75, 3.05) is 17.8 Å². The Morgan fingerprint density at radius 3 is 2.21 bits per heavy atom. The largest absolute Gasteiger partial charge is 0.348 e. The second-order valence-corrected chi connectivity index (χ2v) is 10.6. The molecule has 1 amide bonds. The molecule has 0 aliphatic carbocycles. The molecule has 0 aromatic heterocycles. The van der Waals surface area contributed by atoms with E-state index in [1.165, 1.54) is 18.4 Å². The van der Waals surface area contributed by atoms with E-state index in [2.05, 4.69) is 27.1 Å². The number of hydrogen-bond donors (Lipinski definition) is 2. The van der Waals surface area contributed by atoms with Gasteiger partial charge in [0.15, 0.2) is 0 Å². The maximum Gasteiger partial charge on any atom is 0.261 e. The number of hydrogen-bond acceptors (Lipinski definition) is 4. The Morgan fingerprint density at radius 2 is 1.53 bits per heavy atom. The summed E-state index contributed by atoms with van der Waals surface area (Å²) >= 11 is 0. The third kappa shape index (κ3) is 5.85. The first-order valence-electron chi connectivity index (χ1n) is 11.6. The summed E-state index contributed by atoms with van der Waals surface area (Å²) in [6.45, 7) is 7.35. The van der Waals surface area contributed by atoms with Crippen molar-refractivity contribution in [1.82, 2.24) is 10.2 Å². The maximum absolute atomic E-state index is 12.9. The van der Waals surface area contributed by atoms with E-state index < -0.39 is 10.0 Å². The van der Waals surface area contributed by atoms with Crippen LogP contribution in [0.15, 0.2) is 71.6 Å². The van der Waals surface area contributed by atoms with E-state index in [0.29, 0.717) is 23.4 Å². The van der Waals surface area contributed by atoms with E-state index in [1.807, 2.05) is 19.1 Å². The number of amides is 1. The average Bonchev–Trinajstić information content (AvgIpc) is 3.33. The van der Waals surface area contributed by atoms with E-state index in [-0.39, 0.29) is 10.8 Å².